The van der Waals surface area contributed by atoms with Crippen LogP contribution in [0.3, 0.4) is 0 Å². The fraction of sp³-hybridized carbons (Fsp3) is 0.588. The van der Waals surface area contributed by atoms with Crippen LogP contribution in [-0.4, -0.2) is 5.78 Å². The van der Waals surface area contributed by atoms with Crippen LogP contribution < -0.4 is 0 Å². The van der Waals surface area contributed by atoms with E-state index in [9.17, 15) is 4.79 Å². The van der Waals surface area contributed by atoms with Crippen LogP contribution in [-0.2, 0) is 10.2 Å². The maximum absolute atomic E-state index is 12.9. The zero-order chi connectivity index (χ0) is 12.2. The Bertz CT molecular complexity index is 478. The van der Waals surface area contributed by atoms with E-state index in [1.807, 2.05) is 0 Å². The Morgan fingerprint density at radius 1 is 1.06 bits per heavy atom. The van der Waals surface area contributed by atoms with Crippen LogP contribution in [0.2, 0.25) is 0 Å². The molecule has 4 aliphatic rings. The van der Waals surface area contributed by atoms with Gasteiger partial charge in [-0.2, -0.15) is 0 Å². The average molecular weight is 240 g/mol. The van der Waals surface area contributed by atoms with Gasteiger partial charge in [-0.3, -0.25) is 4.79 Å². The van der Waals surface area contributed by atoms with Gasteiger partial charge in [-0.05, 0) is 43.1 Å². The maximum Gasteiger partial charge on any atom is 0.146 e. The molecule has 1 aromatic carbocycles. The fourth-order valence-electron chi connectivity index (χ4n) is 5.20. The van der Waals surface area contributed by atoms with Crippen molar-refractivity contribution in [3.05, 3.63) is 35.9 Å². The van der Waals surface area contributed by atoms with E-state index in [-0.39, 0.29) is 5.41 Å². The number of hydrogen-bond donors (Lipinski definition) is 0. The number of hydrogen-bond acceptors (Lipinski definition) is 1. The summed E-state index contributed by atoms with van der Waals surface area (Å²) in [4.78, 5) is 12.9. The van der Waals surface area contributed by atoms with E-state index in [2.05, 4.69) is 30.3 Å². The normalized spacial score (nSPS) is 42.0. The third kappa shape index (κ3) is 1.20. The number of carbonyl (C=O) groups is 1. The zero-order valence-corrected chi connectivity index (χ0v) is 10.8. The standard InChI is InChI=1S/C17H20O/c18-16-13-8-9-15-12(11-13)5-4-10-17(15,16)14-6-2-1-3-7-14/h1-3,6-7,12-13,15H,4-5,8-11H2. The predicted octanol–water partition coefficient (Wildman–Crippen LogP) is 3.72. The van der Waals surface area contributed by atoms with Crippen molar-refractivity contribution in [3.8, 4) is 0 Å². The number of carbonyl (C=O) groups excluding carboxylic acids is 1. The van der Waals surface area contributed by atoms with Crippen molar-refractivity contribution >= 4 is 5.78 Å². The van der Waals surface area contributed by atoms with Crippen molar-refractivity contribution in [3.63, 3.8) is 0 Å². The molecule has 0 aliphatic heterocycles. The lowest BCUT2D eigenvalue weighted by molar-refractivity contribution is -0.147. The van der Waals surface area contributed by atoms with Gasteiger partial charge in [0, 0.05) is 5.92 Å². The fourth-order valence-corrected chi connectivity index (χ4v) is 5.20. The average Bonchev–Trinajstić information content (AvgIpc) is 2.45. The highest BCUT2D eigenvalue weighted by molar-refractivity contribution is 5.94. The number of benzene rings is 1. The van der Waals surface area contributed by atoms with Gasteiger partial charge in [0.05, 0.1) is 5.41 Å². The Balaban J connectivity index is 1.88. The number of rotatable bonds is 1. The van der Waals surface area contributed by atoms with Crippen LogP contribution in [0.1, 0.15) is 44.1 Å². The minimum atomic E-state index is -0.0919. The number of fused-ring (bicyclic) bond motifs is 1. The van der Waals surface area contributed by atoms with Crippen LogP contribution in [0, 0.1) is 17.8 Å². The first-order valence-electron chi connectivity index (χ1n) is 7.42. The number of ketones is 1. The molecule has 4 saturated carbocycles. The highest BCUT2D eigenvalue weighted by Crippen LogP contribution is 2.60. The zero-order valence-electron chi connectivity index (χ0n) is 10.8. The van der Waals surface area contributed by atoms with Gasteiger partial charge in [0.2, 0.25) is 0 Å². The highest BCUT2D eigenvalue weighted by Gasteiger charge is 2.59. The summed E-state index contributed by atoms with van der Waals surface area (Å²) in [5.41, 5.74) is 1.22. The second-order valence-electron chi connectivity index (χ2n) is 6.47. The SMILES string of the molecule is O=C1C2CCC3C(CCCC13c1ccccc1)C2. The van der Waals surface area contributed by atoms with Gasteiger partial charge in [-0.1, -0.05) is 43.2 Å². The van der Waals surface area contributed by atoms with Crippen LogP contribution >= 0.6 is 0 Å². The molecule has 5 rings (SSSR count). The molecule has 18 heavy (non-hydrogen) atoms. The van der Waals surface area contributed by atoms with E-state index < -0.39 is 0 Å². The predicted molar refractivity (Wildman–Crippen MR) is 71.3 cm³/mol. The van der Waals surface area contributed by atoms with Crippen molar-refractivity contribution in [2.75, 3.05) is 0 Å². The molecule has 4 atom stereocenters. The number of Topliss-reactive ketones (excluding diaryl/α,β-unsaturated/α-hetero) is 1. The molecule has 1 heteroatoms. The minimum Gasteiger partial charge on any atom is -0.298 e. The Kier molecular flexibility index (Phi) is 2.21. The van der Waals surface area contributed by atoms with Gasteiger partial charge in [-0.25, -0.2) is 0 Å². The molecular formula is C17H20O. The quantitative estimate of drug-likeness (QED) is 0.731. The van der Waals surface area contributed by atoms with Gasteiger partial charge in [-0.15, -0.1) is 0 Å². The van der Waals surface area contributed by atoms with E-state index >= 15 is 0 Å². The maximum atomic E-state index is 12.9. The van der Waals surface area contributed by atoms with Crippen LogP contribution in [0.15, 0.2) is 30.3 Å². The molecule has 0 N–H and O–H groups in total. The van der Waals surface area contributed by atoms with Gasteiger partial charge in [0.25, 0.3) is 0 Å². The van der Waals surface area contributed by atoms with Crippen LogP contribution in [0.5, 0.6) is 0 Å². The molecule has 4 aliphatic carbocycles. The molecule has 0 heterocycles. The summed E-state index contributed by atoms with van der Waals surface area (Å²) in [6.45, 7) is 0. The molecule has 1 nitrogen and oxygen atoms in total. The lowest BCUT2D eigenvalue weighted by atomic mass is 9.45. The van der Waals surface area contributed by atoms with Crippen LogP contribution in [0.4, 0.5) is 0 Å². The van der Waals surface area contributed by atoms with Crippen LogP contribution in [0.25, 0.3) is 0 Å². The van der Waals surface area contributed by atoms with E-state index in [0.717, 1.165) is 18.8 Å². The molecule has 0 spiro atoms. The molecule has 4 unspecified atom stereocenters. The smallest absolute Gasteiger partial charge is 0.146 e. The molecule has 0 aromatic heterocycles. The van der Waals surface area contributed by atoms with Gasteiger partial charge in [0.1, 0.15) is 5.78 Å². The third-order valence-electron chi connectivity index (χ3n) is 5.86. The van der Waals surface area contributed by atoms with Crippen molar-refractivity contribution in [1.82, 2.24) is 0 Å². The van der Waals surface area contributed by atoms with E-state index in [0.29, 0.717) is 17.6 Å². The van der Waals surface area contributed by atoms with Gasteiger partial charge < -0.3 is 0 Å². The second kappa shape index (κ2) is 3.69. The van der Waals surface area contributed by atoms with Crippen molar-refractivity contribution in [1.29, 1.82) is 0 Å². The lowest BCUT2D eigenvalue weighted by Gasteiger charge is -2.57. The molecule has 4 fully saturated rings. The molecule has 94 valence electrons. The van der Waals surface area contributed by atoms with E-state index in [1.165, 1.54) is 31.2 Å². The Labute approximate surface area is 109 Å². The highest BCUT2D eigenvalue weighted by atomic mass is 16.1. The first-order chi connectivity index (χ1) is 8.82. The summed E-state index contributed by atoms with van der Waals surface area (Å²) in [7, 11) is 0. The Hall–Kier alpha value is -1.11. The summed E-state index contributed by atoms with van der Waals surface area (Å²) in [6, 6.07) is 10.7. The minimum absolute atomic E-state index is 0.0919. The molecule has 4 bridgehead atoms. The summed E-state index contributed by atoms with van der Waals surface area (Å²) < 4.78 is 0. The van der Waals surface area contributed by atoms with Gasteiger partial charge in [0.15, 0.2) is 0 Å². The first kappa shape index (κ1) is 10.8. The van der Waals surface area contributed by atoms with Gasteiger partial charge >= 0.3 is 0 Å². The summed E-state index contributed by atoms with van der Waals surface area (Å²) in [5.74, 6) is 2.43. The lowest BCUT2D eigenvalue weighted by Crippen LogP contribution is -2.58. The Morgan fingerprint density at radius 3 is 2.72 bits per heavy atom. The molecule has 0 amide bonds. The van der Waals surface area contributed by atoms with E-state index in [1.54, 1.807) is 0 Å². The second-order valence-corrected chi connectivity index (χ2v) is 6.47. The Morgan fingerprint density at radius 2 is 1.89 bits per heavy atom. The largest absolute Gasteiger partial charge is 0.298 e. The monoisotopic (exact) mass is 240 g/mol. The summed E-state index contributed by atoms with van der Waals surface area (Å²) >= 11 is 0. The molecule has 0 radical (unpaired) electrons. The molecule has 0 saturated heterocycles. The van der Waals surface area contributed by atoms with Crippen molar-refractivity contribution in [2.24, 2.45) is 17.8 Å². The van der Waals surface area contributed by atoms with Crippen molar-refractivity contribution in [2.45, 2.75) is 43.9 Å². The third-order valence-corrected chi connectivity index (χ3v) is 5.86. The van der Waals surface area contributed by atoms with E-state index in [4.69, 9.17) is 0 Å². The summed E-state index contributed by atoms with van der Waals surface area (Å²) in [5, 5.41) is 0. The topological polar surface area (TPSA) is 17.1 Å². The summed E-state index contributed by atoms with van der Waals surface area (Å²) in [6.07, 6.45) is 7.35. The molecule has 1 aromatic rings. The molecular weight excluding hydrogens is 220 g/mol. The first-order valence-corrected chi connectivity index (χ1v) is 7.42. The van der Waals surface area contributed by atoms with Crippen molar-refractivity contribution < 1.29 is 4.79 Å².